The third kappa shape index (κ3) is 6.74. The standard InChI is InChI=1S/C12H24N2O3S/c1-5-8(2)9(3)13-12(17)14-10(11(15)16)6-7-18-4/h8-10H,5-7H2,1-4H3,(H,15,16)(H2,13,14,17). The summed E-state index contributed by atoms with van der Waals surface area (Å²) in [6.07, 6.45) is 3.31. The number of rotatable bonds is 8. The molecule has 0 aliphatic carbocycles. The van der Waals surface area contributed by atoms with Gasteiger partial charge in [0, 0.05) is 6.04 Å². The van der Waals surface area contributed by atoms with Gasteiger partial charge in [-0.05, 0) is 31.3 Å². The summed E-state index contributed by atoms with van der Waals surface area (Å²) >= 11 is 1.56. The van der Waals surface area contributed by atoms with Gasteiger partial charge in [0.15, 0.2) is 0 Å². The Labute approximate surface area is 113 Å². The van der Waals surface area contributed by atoms with Crippen molar-refractivity contribution in [3.63, 3.8) is 0 Å². The van der Waals surface area contributed by atoms with Crippen molar-refractivity contribution in [1.82, 2.24) is 10.6 Å². The molecular formula is C12H24N2O3S. The number of hydrogen-bond acceptors (Lipinski definition) is 3. The van der Waals surface area contributed by atoms with Crippen LogP contribution in [0.5, 0.6) is 0 Å². The van der Waals surface area contributed by atoms with E-state index in [1.54, 1.807) is 11.8 Å². The van der Waals surface area contributed by atoms with Crippen LogP contribution in [-0.4, -0.2) is 41.2 Å². The number of nitrogens with one attached hydrogen (secondary N) is 2. The second-order valence-corrected chi connectivity index (χ2v) is 5.45. The highest BCUT2D eigenvalue weighted by atomic mass is 32.2. The smallest absolute Gasteiger partial charge is 0.326 e. The van der Waals surface area contributed by atoms with Crippen molar-refractivity contribution in [3.8, 4) is 0 Å². The van der Waals surface area contributed by atoms with Crippen LogP contribution in [0, 0.1) is 5.92 Å². The van der Waals surface area contributed by atoms with E-state index in [-0.39, 0.29) is 6.04 Å². The largest absolute Gasteiger partial charge is 0.480 e. The Balaban J connectivity index is 4.21. The number of thioether (sulfide) groups is 1. The number of aliphatic carboxylic acids is 1. The lowest BCUT2D eigenvalue weighted by atomic mass is 10.0. The third-order valence-corrected chi connectivity index (χ3v) is 3.71. The number of carboxylic acids is 1. The van der Waals surface area contributed by atoms with Gasteiger partial charge in [-0.15, -0.1) is 0 Å². The zero-order valence-electron chi connectivity index (χ0n) is 11.5. The molecule has 0 aromatic heterocycles. The predicted molar refractivity (Wildman–Crippen MR) is 75.0 cm³/mol. The molecule has 0 rings (SSSR count). The Bertz CT molecular complexity index is 274. The van der Waals surface area contributed by atoms with Crippen LogP contribution in [0.4, 0.5) is 4.79 Å². The van der Waals surface area contributed by atoms with Crippen molar-refractivity contribution in [2.24, 2.45) is 5.92 Å². The summed E-state index contributed by atoms with van der Waals surface area (Å²) in [4.78, 5) is 22.6. The topological polar surface area (TPSA) is 78.4 Å². The van der Waals surface area contributed by atoms with Crippen molar-refractivity contribution in [1.29, 1.82) is 0 Å². The van der Waals surface area contributed by atoms with Gasteiger partial charge in [-0.1, -0.05) is 20.3 Å². The predicted octanol–water partition coefficient (Wildman–Crippen LogP) is 1.93. The molecule has 0 aromatic carbocycles. The van der Waals surface area contributed by atoms with Crippen LogP contribution in [0.25, 0.3) is 0 Å². The van der Waals surface area contributed by atoms with Crippen molar-refractivity contribution >= 4 is 23.8 Å². The summed E-state index contributed by atoms with van der Waals surface area (Å²) in [7, 11) is 0. The highest BCUT2D eigenvalue weighted by Crippen LogP contribution is 2.06. The fourth-order valence-electron chi connectivity index (χ4n) is 1.40. The molecule has 3 atom stereocenters. The number of hydrogen-bond donors (Lipinski definition) is 3. The molecule has 18 heavy (non-hydrogen) atoms. The summed E-state index contributed by atoms with van der Waals surface area (Å²) in [5.74, 6) is 0.0821. The van der Waals surface area contributed by atoms with Gasteiger partial charge < -0.3 is 15.7 Å². The minimum absolute atomic E-state index is 0.0324. The van der Waals surface area contributed by atoms with Crippen molar-refractivity contribution in [3.05, 3.63) is 0 Å². The molecule has 0 fully saturated rings. The lowest BCUT2D eigenvalue weighted by Gasteiger charge is -2.22. The van der Waals surface area contributed by atoms with Gasteiger partial charge in [0.25, 0.3) is 0 Å². The van der Waals surface area contributed by atoms with Crippen molar-refractivity contribution in [2.75, 3.05) is 12.0 Å². The maximum atomic E-state index is 11.7. The molecule has 0 bridgehead atoms. The first-order valence-electron chi connectivity index (χ1n) is 6.21. The number of amides is 2. The minimum Gasteiger partial charge on any atom is -0.480 e. The first kappa shape index (κ1) is 17.1. The summed E-state index contributed by atoms with van der Waals surface area (Å²) in [6.45, 7) is 6.03. The number of carbonyl (C=O) groups is 2. The van der Waals surface area contributed by atoms with Crippen LogP contribution < -0.4 is 10.6 Å². The van der Waals surface area contributed by atoms with Crippen LogP contribution >= 0.6 is 11.8 Å². The van der Waals surface area contributed by atoms with E-state index in [2.05, 4.69) is 17.6 Å². The number of carboxylic acid groups (broad SMARTS) is 1. The second-order valence-electron chi connectivity index (χ2n) is 4.46. The number of urea groups is 1. The maximum Gasteiger partial charge on any atom is 0.326 e. The Morgan fingerprint density at radius 3 is 2.33 bits per heavy atom. The molecule has 0 heterocycles. The molecule has 106 valence electrons. The maximum absolute atomic E-state index is 11.7. The Morgan fingerprint density at radius 2 is 1.89 bits per heavy atom. The molecule has 5 nitrogen and oxygen atoms in total. The van der Waals surface area contributed by atoms with Crippen LogP contribution in [0.2, 0.25) is 0 Å². The Hall–Kier alpha value is -0.910. The quantitative estimate of drug-likeness (QED) is 0.633. The fourth-order valence-corrected chi connectivity index (χ4v) is 1.87. The van der Waals surface area contributed by atoms with E-state index in [0.717, 1.165) is 6.42 Å². The molecule has 0 aliphatic heterocycles. The lowest BCUT2D eigenvalue weighted by molar-refractivity contribution is -0.139. The van der Waals surface area contributed by atoms with Gasteiger partial charge in [0.2, 0.25) is 0 Å². The van der Waals surface area contributed by atoms with E-state index in [9.17, 15) is 9.59 Å². The molecule has 6 heteroatoms. The van der Waals surface area contributed by atoms with E-state index >= 15 is 0 Å². The SMILES string of the molecule is CCC(C)C(C)NC(=O)NC(CCSC)C(=O)O. The Kier molecular flexibility index (Phi) is 8.62. The van der Waals surface area contributed by atoms with Gasteiger partial charge >= 0.3 is 12.0 Å². The van der Waals surface area contributed by atoms with Gasteiger partial charge in [-0.3, -0.25) is 0 Å². The minimum atomic E-state index is -0.990. The van der Waals surface area contributed by atoms with Crippen molar-refractivity contribution in [2.45, 2.75) is 45.7 Å². The zero-order valence-corrected chi connectivity index (χ0v) is 12.3. The first-order chi connectivity index (χ1) is 8.42. The summed E-state index contributed by atoms with van der Waals surface area (Å²) < 4.78 is 0. The highest BCUT2D eigenvalue weighted by Gasteiger charge is 2.21. The second kappa shape index (κ2) is 9.08. The van der Waals surface area contributed by atoms with E-state index in [0.29, 0.717) is 18.1 Å². The average molecular weight is 276 g/mol. The van der Waals surface area contributed by atoms with Gasteiger partial charge in [0.1, 0.15) is 6.04 Å². The van der Waals surface area contributed by atoms with E-state index < -0.39 is 18.0 Å². The molecule has 3 unspecified atom stereocenters. The normalized spacial score (nSPS) is 15.6. The van der Waals surface area contributed by atoms with E-state index in [1.807, 2.05) is 20.1 Å². The van der Waals surface area contributed by atoms with Crippen LogP contribution in [0.15, 0.2) is 0 Å². The van der Waals surface area contributed by atoms with Crippen molar-refractivity contribution < 1.29 is 14.7 Å². The Morgan fingerprint density at radius 1 is 1.28 bits per heavy atom. The summed E-state index contributed by atoms with van der Waals surface area (Å²) in [6, 6.07) is -1.19. The summed E-state index contributed by atoms with van der Waals surface area (Å²) in [5, 5.41) is 14.3. The van der Waals surface area contributed by atoms with E-state index in [4.69, 9.17) is 5.11 Å². The third-order valence-electron chi connectivity index (χ3n) is 3.07. The fraction of sp³-hybridized carbons (Fsp3) is 0.833. The molecular weight excluding hydrogens is 252 g/mol. The molecule has 0 radical (unpaired) electrons. The summed E-state index contributed by atoms with van der Waals surface area (Å²) in [5.41, 5.74) is 0. The molecule has 0 spiro atoms. The zero-order chi connectivity index (χ0) is 14.1. The van der Waals surface area contributed by atoms with Crippen LogP contribution in [0.3, 0.4) is 0 Å². The molecule has 0 saturated heterocycles. The molecule has 0 aromatic rings. The molecule has 0 saturated carbocycles. The highest BCUT2D eigenvalue weighted by molar-refractivity contribution is 7.98. The first-order valence-corrected chi connectivity index (χ1v) is 7.60. The van der Waals surface area contributed by atoms with Gasteiger partial charge in [-0.25, -0.2) is 9.59 Å². The molecule has 2 amide bonds. The van der Waals surface area contributed by atoms with Crippen LogP contribution in [-0.2, 0) is 4.79 Å². The average Bonchev–Trinajstić information content (AvgIpc) is 2.32. The van der Waals surface area contributed by atoms with Crippen LogP contribution in [0.1, 0.15) is 33.6 Å². The molecule has 0 aliphatic rings. The van der Waals surface area contributed by atoms with Gasteiger partial charge in [0.05, 0.1) is 0 Å². The van der Waals surface area contributed by atoms with Gasteiger partial charge in [-0.2, -0.15) is 11.8 Å². The number of carbonyl (C=O) groups excluding carboxylic acids is 1. The monoisotopic (exact) mass is 276 g/mol. The lowest BCUT2D eigenvalue weighted by Crippen LogP contribution is -2.49. The molecule has 3 N–H and O–H groups in total. The van der Waals surface area contributed by atoms with E-state index in [1.165, 1.54) is 0 Å².